The smallest absolute Gasteiger partial charge is 0.308 e. The second kappa shape index (κ2) is 3.04. The molecule has 0 spiro atoms. The highest BCUT2D eigenvalue weighted by molar-refractivity contribution is 14.1. The fourth-order valence-corrected chi connectivity index (χ4v) is 1.59. The summed E-state index contributed by atoms with van der Waals surface area (Å²) in [6.45, 7) is 1.91. The lowest BCUT2D eigenvalue weighted by Gasteiger charge is -2.14. The van der Waals surface area contributed by atoms with E-state index in [1.807, 2.05) is 6.92 Å². The summed E-state index contributed by atoms with van der Waals surface area (Å²) in [4.78, 5) is 10.6. The Morgan fingerprint density at radius 2 is 2.50 bits per heavy atom. The number of hydrogen-bond donors (Lipinski definition) is 1. The molecule has 0 aromatic heterocycles. The zero-order valence-corrected chi connectivity index (χ0v) is 7.74. The van der Waals surface area contributed by atoms with Crippen molar-refractivity contribution in [2.45, 2.75) is 29.5 Å². The first-order valence-electron chi connectivity index (χ1n) is 3.13. The van der Waals surface area contributed by atoms with E-state index in [0.717, 1.165) is 0 Å². The normalized spacial score (nSPS) is 35.7. The predicted molar refractivity (Wildman–Crippen MR) is 44.0 cm³/mol. The Morgan fingerprint density at radius 1 is 1.90 bits per heavy atom. The molecule has 0 unspecified atom stereocenters. The van der Waals surface area contributed by atoms with E-state index in [1.54, 1.807) is 0 Å². The van der Waals surface area contributed by atoms with Crippen LogP contribution in [0.4, 0.5) is 0 Å². The average Bonchev–Trinajstić information content (AvgIpc) is 2.10. The molecule has 4 heteroatoms. The van der Waals surface area contributed by atoms with Gasteiger partial charge in [0.25, 0.3) is 0 Å². The van der Waals surface area contributed by atoms with Gasteiger partial charge in [-0.25, -0.2) is 0 Å². The van der Waals surface area contributed by atoms with E-state index in [-0.39, 0.29) is 22.4 Å². The third kappa shape index (κ3) is 1.60. The van der Waals surface area contributed by atoms with Gasteiger partial charge >= 0.3 is 5.97 Å². The van der Waals surface area contributed by atoms with Crippen LogP contribution in [0.2, 0.25) is 0 Å². The van der Waals surface area contributed by atoms with Crippen LogP contribution in [0, 0.1) is 0 Å². The number of cyclic esters (lactones) is 1. The van der Waals surface area contributed by atoms with Crippen molar-refractivity contribution in [2.24, 2.45) is 0 Å². The minimum Gasteiger partial charge on any atom is -0.458 e. The lowest BCUT2D eigenvalue weighted by atomic mass is 10.1. The Kier molecular flexibility index (Phi) is 2.51. The van der Waals surface area contributed by atoms with Gasteiger partial charge in [-0.1, -0.05) is 22.6 Å². The highest BCUT2D eigenvalue weighted by Gasteiger charge is 2.35. The van der Waals surface area contributed by atoms with Crippen LogP contribution in [0.5, 0.6) is 0 Å². The highest BCUT2D eigenvalue weighted by Crippen LogP contribution is 2.22. The summed E-state index contributed by atoms with van der Waals surface area (Å²) in [6, 6.07) is 0. The van der Waals surface area contributed by atoms with Crippen molar-refractivity contribution < 1.29 is 14.6 Å². The third-order valence-corrected chi connectivity index (χ3v) is 2.18. The van der Waals surface area contributed by atoms with Crippen molar-refractivity contribution >= 4 is 28.6 Å². The number of alkyl halides is 1. The topological polar surface area (TPSA) is 46.5 Å². The van der Waals surface area contributed by atoms with Crippen LogP contribution in [0.15, 0.2) is 0 Å². The highest BCUT2D eigenvalue weighted by atomic mass is 127. The summed E-state index contributed by atoms with van der Waals surface area (Å²) in [5.41, 5.74) is 0. The standard InChI is InChI=1S/C6H9IO3/c1-3(7)6-4(8)2-5(9)10-6/h3-4,6,8H,2H2,1H3/t3-,4-,6-/m1/s1. The van der Waals surface area contributed by atoms with Gasteiger partial charge < -0.3 is 9.84 Å². The Morgan fingerprint density at radius 3 is 2.70 bits per heavy atom. The number of carbonyl (C=O) groups excluding carboxylic acids is 1. The van der Waals surface area contributed by atoms with Crippen LogP contribution in [-0.4, -0.2) is 27.2 Å². The fourth-order valence-electron chi connectivity index (χ4n) is 0.965. The van der Waals surface area contributed by atoms with E-state index in [2.05, 4.69) is 22.6 Å². The van der Waals surface area contributed by atoms with Crippen LogP contribution in [0.1, 0.15) is 13.3 Å². The van der Waals surface area contributed by atoms with E-state index >= 15 is 0 Å². The molecular weight excluding hydrogens is 247 g/mol. The van der Waals surface area contributed by atoms with Gasteiger partial charge in [0.05, 0.1) is 6.42 Å². The molecule has 1 aliphatic rings. The van der Waals surface area contributed by atoms with Crippen molar-refractivity contribution in [3.05, 3.63) is 0 Å². The molecule has 0 amide bonds. The number of halogens is 1. The minimum absolute atomic E-state index is 0.151. The molecule has 3 atom stereocenters. The van der Waals surface area contributed by atoms with Gasteiger partial charge in [0.15, 0.2) is 0 Å². The number of rotatable bonds is 1. The minimum atomic E-state index is -0.598. The average molecular weight is 256 g/mol. The molecule has 1 saturated heterocycles. The maximum Gasteiger partial charge on any atom is 0.308 e. The lowest BCUT2D eigenvalue weighted by molar-refractivity contribution is -0.141. The van der Waals surface area contributed by atoms with Gasteiger partial charge in [-0.3, -0.25) is 4.79 Å². The molecule has 0 saturated carbocycles. The Balaban J connectivity index is 2.54. The fraction of sp³-hybridized carbons (Fsp3) is 0.833. The number of carbonyl (C=O) groups is 1. The molecule has 10 heavy (non-hydrogen) atoms. The van der Waals surface area contributed by atoms with E-state index < -0.39 is 6.10 Å². The van der Waals surface area contributed by atoms with Crippen LogP contribution < -0.4 is 0 Å². The lowest BCUT2D eigenvalue weighted by Crippen LogP contribution is -2.28. The molecule has 0 bridgehead atoms. The van der Waals surface area contributed by atoms with Crippen LogP contribution >= 0.6 is 22.6 Å². The third-order valence-electron chi connectivity index (χ3n) is 1.48. The van der Waals surface area contributed by atoms with Crippen molar-refractivity contribution in [1.82, 2.24) is 0 Å². The summed E-state index contributed by atoms with van der Waals surface area (Å²) in [6.07, 6.45) is -0.745. The van der Waals surface area contributed by atoms with Crippen LogP contribution in [0.25, 0.3) is 0 Å². The van der Waals surface area contributed by atoms with Crippen molar-refractivity contribution in [3.8, 4) is 0 Å². The van der Waals surface area contributed by atoms with Gasteiger partial charge in [-0.2, -0.15) is 0 Å². The van der Waals surface area contributed by atoms with Crippen molar-refractivity contribution in [3.63, 3.8) is 0 Å². The zero-order valence-electron chi connectivity index (χ0n) is 5.58. The van der Waals surface area contributed by atoms with Gasteiger partial charge in [-0.05, 0) is 6.92 Å². The van der Waals surface area contributed by atoms with Gasteiger partial charge in [0.2, 0.25) is 0 Å². The molecule has 0 aliphatic carbocycles. The number of aliphatic hydroxyl groups is 1. The largest absolute Gasteiger partial charge is 0.458 e. The van der Waals surface area contributed by atoms with Gasteiger partial charge in [-0.15, -0.1) is 0 Å². The van der Waals surface area contributed by atoms with E-state index in [9.17, 15) is 9.90 Å². The van der Waals surface area contributed by atoms with Gasteiger partial charge in [0.1, 0.15) is 12.2 Å². The number of aliphatic hydroxyl groups excluding tert-OH is 1. The maximum atomic E-state index is 10.6. The molecule has 58 valence electrons. The van der Waals surface area contributed by atoms with Crippen LogP contribution in [-0.2, 0) is 9.53 Å². The number of ether oxygens (including phenoxy) is 1. The molecule has 0 aromatic carbocycles. The first-order chi connectivity index (χ1) is 4.61. The zero-order chi connectivity index (χ0) is 7.72. The molecular formula is C6H9IO3. The summed E-state index contributed by atoms with van der Waals surface area (Å²) >= 11 is 2.13. The van der Waals surface area contributed by atoms with E-state index in [0.29, 0.717) is 0 Å². The molecule has 1 fully saturated rings. The molecule has 3 nitrogen and oxygen atoms in total. The maximum absolute atomic E-state index is 10.6. The first kappa shape index (κ1) is 8.26. The number of hydrogen-bond acceptors (Lipinski definition) is 3. The predicted octanol–water partition coefficient (Wildman–Crippen LogP) is 0.486. The summed E-state index contributed by atoms with van der Waals surface area (Å²) in [5.74, 6) is -0.291. The van der Waals surface area contributed by atoms with Crippen molar-refractivity contribution in [2.75, 3.05) is 0 Å². The van der Waals surface area contributed by atoms with Crippen molar-refractivity contribution in [1.29, 1.82) is 0 Å². The van der Waals surface area contributed by atoms with E-state index in [1.165, 1.54) is 0 Å². The molecule has 0 radical (unpaired) electrons. The van der Waals surface area contributed by atoms with Crippen LogP contribution in [0.3, 0.4) is 0 Å². The molecule has 1 aliphatic heterocycles. The summed E-state index contributed by atoms with van der Waals surface area (Å²) < 4.78 is 5.02. The quantitative estimate of drug-likeness (QED) is 0.422. The summed E-state index contributed by atoms with van der Waals surface area (Å²) in [5, 5.41) is 9.18. The molecule has 0 aromatic rings. The monoisotopic (exact) mass is 256 g/mol. The Hall–Kier alpha value is 0.160. The Bertz CT molecular complexity index is 146. The van der Waals surface area contributed by atoms with E-state index in [4.69, 9.17) is 4.74 Å². The van der Waals surface area contributed by atoms with Gasteiger partial charge in [0, 0.05) is 3.92 Å². The SMILES string of the molecule is C[C@@H](I)[C@H]1OC(=O)C[C@H]1O. The molecule has 1 heterocycles. The molecule has 1 rings (SSSR count). The second-order valence-corrected chi connectivity index (χ2v) is 4.37. The first-order valence-corrected chi connectivity index (χ1v) is 4.37. The number of esters is 1. The summed E-state index contributed by atoms with van der Waals surface area (Å²) in [7, 11) is 0. The molecule has 1 N–H and O–H groups in total. The Labute approximate surface area is 72.9 Å². The second-order valence-electron chi connectivity index (χ2n) is 2.40.